The molecule has 3 heterocycles. The van der Waals surface area contributed by atoms with Crippen molar-refractivity contribution in [2.24, 2.45) is 0 Å². The molecule has 2 fully saturated rings. The van der Waals surface area contributed by atoms with Crippen LogP contribution in [0.15, 0.2) is 47.4 Å². The second kappa shape index (κ2) is 7.26. The van der Waals surface area contributed by atoms with Crippen molar-refractivity contribution in [3.8, 4) is 11.5 Å². The fourth-order valence-electron chi connectivity index (χ4n) is 4.09. The van der Waals surface area contributed by atoms with Crippen molar-refractivity contribution in [3.05, 3.63) is 53.6 Å². The fraction of sp³-hybridized carbons (Fsp3) is 0.381. The Labute approximate surface area is 175 Å². The second-order valence-corrected chi connectivity index (χ2v) is 9.73. The van der Waals surface area contributed by atoms with Gasteiger partial charge in [-0.1, -0.05) is 17.7 Å². The molecule has 0 radical (unpaired) electrons. The number of aryl methyl sites for hydroxylation is 1. The van der Waals surface area contributed by atoms with Gasteiger partial charge in [0.15, 0.2) is 11.5 Å². The van der Waals surface area contributed by atoms with E-state index in [9.17, 15) is 13.2 Å². The summed E-state index contributed by atoms with van der Waals surface area (Å²) >= 11 is 0. The van der Waals surface area contributed by atoms with Crippen molar-refractivity contribution in [2.75, 3.05) is 33.0 Å². The maximum absolute atomic E-state index is 13.0. The summed E-state index contributed by atoms with van der Waals surface area (Å²) in [5, 5.41) is 0. The molecule has 5 rings (SSSR count). The predicted octanol–water partition coefficient (Wildman–Crippen LogP) is 1.64. The highest BCUT2D eigenvalue weighted by molar-refractivity contribution is 7.89. The molecule has 3 aliphatic heterocycles. The molecule has 0 saturated carbocycles. The lowest BCUT2D eigenvalue weighted by atomic mass is 10.1. The summed E-state index contributed by atoms with van der Waals surface area (Å²) in [5.74, 6) is 1.06. The number of morpholine rings is 2. The number of ether oxygens (including phenoxy) is 3. The number of rotatable bonds is 3. The average molecular weight is 430 g/mol. The Hall–Kier alpha value is -2.62. The molecule has 0 spiro atoms. The maximum Gasteiger partial charge on any atom is 0.254 e. The van der Waals surface area contributed by atoms with Crippen LogP contribution in [-0.2, 0) is 14.8 Å². The van der Waals surface area contributed by atoms with E-state index in [2.05, 4.69) is 0 Å². The lowest BCUT2D eigenvalue weighted by Crippen LogP contribution is -2.61. The number of carbonyl (C=O) groups is 1. The Kier molecular flexibility index (Phi) is 4.68. The Morgan fingerprint density at radius 2 is 1.60 bits per heavy atom. The van der Waals surface area contributed by atoms with Crippen LogP contribution < -0.4 is 9.47 Å². The van der Waals surface area contributed by atoms with Gasteiger partial charge in [0.05, 0.1) is 17.1 Å². The molecule has 0 aliphatic carbocycles. The quantitative estimate of drug-likeness (QED) is 0.736. The molecule has 9 heteroatoms. The van der Waals surface area contributed by atoms with Crippen LogP contribution in [0.4, 0.5) is 0 Å². The molecule has 2 bridgehead atoms. The Bertz CT molecular complexity index is 1070. The van der Waals surface area contributed by atoms with E-state index >= 15 is 0 Å². The first-order chi connectivity index (χ1) is 14.4. The Morgan fingerprint density at radius 3 is 2.30 bits per heavy atom. The van der Waals surface area contributed by atoms with Gasteiger partial charge in [0.2, 0.25) is 16.8 Å². The minimum atomic E-state index is -3.60. The monoisotopic (exact) mass is 430 g/mol. The predicted molar refractivity (Wildman–Crippen MR) is 107 cm³/mol. The number of fused-ring (bicyclic) bond motifs is 3. The van der Waals surface area contributed by atoms with Crippen LogP contribution in [-0.4, -0.2) is 68.7 Å². The first-order valence-electron chi connectivity index (χ1n) is 9.81. The van der Waals surface area contributed by atoms with Crippen LogP contribution in [0.2, 0.25) is 0 Å². The zero-order valence-corrected chi connectivity index (χ0v) is 17.3. The summed E-state index contributed by atoms with van der Waals surface area (Å²) in [6.07, 6.45) is -0.730. The van der Waals surface area contributed by atoms with Gasteiger partial charge in [0.25, 0.3) is 5.91 Å². The van der Waals surface area contributed by atoms with Crippen molar-refractivity contribution >= 4 is 15.9 Å². The first-order valence-corrected chi connectivity index (χ1v) is 11.3. The maximum atomic E-state index is 13.0. The van der Waals surface area contributed by atoms with E-state index in [4.69, 9.17) is 14.2 Å². The third-order valence-electron chi connectivity index (χ3n) is 5.61. The molecule has 158 valence electrons. The van der Waals surface area contributed by atoms with Gasteiger partial charge in [0, 0.05) is 31.7 Å². The summed E-state index contributed by atoms with van der Waals surface area (Å²) in [7, 11) is -3.60. The van der Waals surface area contributed by atoms with Crippen molar-refractivity contribution in [1.29, 1.82) is 0 Å². The summed E-state index contributed by atoms with van der Waals surface area (Å²) < 4.78 is 44.2. The number of benzene rings is 2. The number of nitrogens with zero attached hydrogens (tertiary/aromatic N) is 2. The third kappa shape index (κ3) is 3.42. The molecule has 2 aromatic rings. The van der Waals surface area contributed by atoms with E-state index in [0.717, 1.165) is 5.56 Å². The standard InChI is InChI=1S/C21H22N2O6S/c1-14-2-5-18(6-3-14)30(25,26)23-11-16-9-22(10-17(12-23)29-16)21(24)15-4-7-19-20(8-15)28-13-27-19/h2-8,16-17H,9-13H2,1H3/t16-,17+. The molecule has 0 unspecified atom stereocenters. The minimum absolute atomic E-state index is 0.124. The largest absolute Gasteiger partial charge is 0.454 e. The lowest BCUT2D eigenvalue weighted by molar-refractivity contribution is -0.113. The molecule has 2 aromatic carbocycles. The SMILES string of the molecule is Cc1ccc(S(=O)(=O)N2C[C@H]3CN(C(=O)c4ccc5c(c4)OCO5)C[C@@H](C2)O3)cc1. The highest BCUT2D eigenvalue weighted by atomic mass is 32.2. The van der Waals surface area contributed by atoms with Gasteiger partial charge in [0.1, 0.15) is 0 Å². The van der Waals surface area contributed by atoms with Crippen molar-refractivity contribution in [3.63, 3.8) is 0 Å². The van der Waals surface area contributed by atoms with Crippen LogP contribution in [0.25, 0.3) is 0 Å². The smallest absolute Gasteiger partial charge is 0.254 e. The van der Waals surface area contributed by atoms with Gasteiger partial charge in [-0.15, -0.1) is 0 Å². The number of sulfonamides is 1. The van der Waals surface area contributed by atoms with Crippen LogP contribution in [0.5, 0.6) is 11.5 Å². The molecule has 8 nitrogen and oxygen atoms in total. The van der Waals surface area contributed by atoms with Crippen molar-refractivity contribution < 1.29 is 27.4 Å². The first kappa shape index (κ1) is 19.3. The van der Waals surface area contributed by atoms with Gasteiger partial charge in [-0.2, -0.15) is 4.31 Å². The molecule has 2 atom stereocenters. The summed E-state index contributed by atoms with van der Waals surface area (Å²) in [4.78, 5) is 15.0. The van der Waals surface area contributed by atoms with Crippen molar-refractivity contribution in [1.82, 2.24) is 9.21 Å². The Morgan fingerprint density at radius 1 is 0.933 bits per heavy atom. The fourth-order valence-corrected chi connectivity index (χ4v) is 5.59. The second-order valence-electron chi connectivity index (χ2n) is 7.79. The van der Waals surface area contributed by atoms with Gasteiger partial charge < -0.3 is 19.1 Å². The van der Waals surface area contributed by atoms with Crippen molar-refractivity contribution in [2.45, 2.75) is 24.0 Å². The van der Waals surface area contributed by atoms with Crippen LogP contribution in [0.3, 0.4) is 0 Å². The normalized spacial score (nSPS) is 23.4. The van der Waals surface area contributed by atoms with Gasteiger partial charge in [-0.25, -0.2) is 8.42 Å². The van der Waals surface area contributed by atoms with Gasteiger partial charge in [-0.05, 0) is 37.3 Å². The van der Waals surface area contributed by atoms with Gasteiger partial charge >= 0.3 is 0 Å². The minimum Gasteiger partial charge on any atom is -0.454 e. The van der Waals surface area contributed by atoms with Crippen LogP contribution >= 0.6 is 0 Å². The van der Waals surface area contributed by atoms with E-state index in [1.165, 1.54) is 4.31 Å². The molecule has 3 aliphatic rings. The van der Waals surface area contributed by atoms with E-state index in [-0.39, 0.29) is 42.9 Å². The summed E-state index contributed by atoms with van der Waals surface area (Å²) in [5.41, 5.74) is 1.52. The highest BCUT2D eigenvalue weighted by Crippen LogP contribution is 2.33. The van der Waals surface area contributed by atoms with Crippen LogP contribution in [0, 0.1) is 6.92 Å². The molecule has 1 amide bonds. The molecule has 0 N–H and O–H groups in total. The van der Waals surface area contributed by atoms with E-state index in [1.807, 2.05) is 6.92 Å². The number of amides is 1. The topological polar surface area (TPSA) is 85.4 Å². The average Bonchev–Trinajstić information content (AvgIpc) is 3.20. The molecule has 30 heavy (non-hydrogen) atoms. The Balaban J connectivity index is 1.31. The van der Waals surface area contributed by atoms with Crippen LogP contribution in [0.1, 0.15) is 15.9 Å². The molecular formula is C21H22N2O6S. The van der Waals surface area contributed by atoms with E-state index < -0.39 is 10.0 Å². The summed E-state index contributed by atoms with van der Waals surface area (Å²) in [6.45, 7) is 3.18. The lowest BCUT2D eigenvalue weighted by Gasteiger charge is -2.45. The summed E-state index contributed by atoms with van der Waals surface area (Å²) in [6, 6.07) is 12.0. The zero-order valence-electron chi connectivity index (χ0n) is 16.5. The number of hydrogen-bond donors (Lipinski definition) is 0. The molecular weight excluding hydrogens is 408 g/mol. The van der Waals surface area contributed by atoms with Gasteiger partial charge in [-0.3, -0.25) is 4.79 Å². The number of hydrogen-bond acceptors (Lipinski definition) is 6. The number of carbonyl (C=O) groups excluding carboxylic acids is 1. The zero-order chi connectivity index (χ0) is 20.9. The van der Waals surface area contributed by atoms with E-state index in [1.54, 1.807) is 47.4 Å². The van der Waals surface area contributed by atoms with E-state index in [0.29, 0.717) is 30.2 Å². The molecule has 0 aromatic heterocycles. The third-order valence-corrected chi connectivity index (χ3v) is 7.46. The molecule has 2 saturated heterocycles. The highest BCUT2D eigenvalue weighted by Gasteiger charge is 2.41.